The zero-order valence-corrected chi connectivity index (χ0v) is 8.03. The van der Waals surface area contributed by atoms with Crippen molar-refractivity contribution in [3.63, 3.8) is 0 Å². The fourth-order valence-corrected chi connectivity index (χ4v) is 1.58. The first kappa shape index (κ1) is 9.14. The van der Waals surface area contributed by atoms with Crippen molar-refractivity contribution in [2.45, 2.75) is 13.3 Å². The van der Waals surface area contributed by atoms with Gasteiger partial charge in [0, 0.05) is 13.0 Å². The van der Waals surface area contributed by atoms with Crippen molar-refractivity contribution < 1.29 is 4.79 Å². The lowest BCUT2D eigenvalue weighted by molar-refractivity contribution is -0.117. The van der Waals surface area contributed by atoms with Gasteiger partial charge in [-0.2, -0.15) is 4.98 Å². The van der Waals surface area contributed by atoms with Gasteiger partial charge in [0.05, 0.1) is 0 Å². The topological polar surface area (TPSA) is 87.9 Å². The van der Waals surface area contributed by atoms with Crippen LogP contribution in [0.2, 0.25) is 0 Å². The van der Waals surface area contributed by atoms with Gasteiger partial charge in [-0.05, 0) is 19.4 Å². The number of aryl methyl sites for hydroxylation is 1. The van der Waals surface area contributed by atoms with E-state index in [4.69, 9.17) is 5.73 Å². The highest BCUT2D eigenvalue weighted by Crippen LogP contribution is 2.20. The van der Waals surface area contributed by atoms with Crippen molar-refractivity contribution in [3.8, 4) is 0 Å². The van der Waals surface area contributed by atoms with E-state index in [1.165, 1.54) is 0 Å². The Hall–Kier alpha value is -1.43. The minimum absolute atomic E-state index is 0.0550. The second-order valence-corrected chi connectivity index (χ2v) is 3.53. The number of hydrogen-bond donors (Lipinski definition) is 2. The van der Waals surface area contributed by atoms with Gasteiger partial charge in [-0.15, -0.1) is 5.10 Å². The van der Waals surface area contributed by atoms with Crippen molar-refractivity contribution in [3.05, 3.63) is 5.82 Å². The van der Waals surface area contributed by atoms with Gasteiger partial charge < -0.3 is 5.73 Å². The summed E-state index contributed by atoms with van der Waals surface area (Å²) in [5.41, 5.74) is 5.51. The molecule has 1 aromatic rings. The number of aromatic nitrogens is 3. The Labute approximate surface area is 81.5 Å². The fourth-order valence-electron chi connectivity index (χ4n) is 1.58. The number of rotatable bonds is 2. The molecule has 0 aliphatic carbocycles. The van der Waals surface area contributed by atoms with Gasteiger partial charge >= 0.3 is 0 Å². The summed E-state index contributed by atoms with van der Waals surface area (Å²) < 4.78 is 0. The largest absolute Gasteiger partial charge is 0.330 e. The van der Waals surface area contributed by atoms with Crippen LogP contribution in [0.25, 0.3) is 0 Å². The van der Waals surface area contributed by atoms with Gasteiger partial charge in [-0.25, -0.2) is 0 Å². The molecule has 1 fully saturated rings. The summed E-state index contributed by atoms with van der Waals surface area (Å²) in [6.07, 6.45) is 0.504. The third-order valence-corrected chi connectivity index (χ3v) is 2.37. The zero-order chi connectivity index (χ0) is 10.1. The van der Waals surface area contributed by atoms with Crippen molar-refractivity contribution in [1.29, 1.82) is 0 Å². The summed E-state index contributed by atoms with van der Waals surface area (Å²) in [6, 6.07) is 0. The average molecular weight is 195 g/mol. The Bertz CT molecular complexity index is 347. The highest BCUT2D eigenvalue weighted by molar-refractivity contribution is 5.94. The molecule has 0 bridgehead atoms. The molecule has 1 atom stereocenters. The van der Waals surface area contributed by atoms with Gasteiger partial charge in [0.25, 0.3) is 5.95 Å². The van der Waals surface area contributed by atoms with Crippen LogP contribution < -0.4 is 10.6 Å². The molecule has 3 N–H and O–H groups in total. The number of nitrogens with two attached hydrogens (primary N) is 1. The van der Waals surface area contributed by atoms with E-state index in [0.717, 1.165) is 0 Å². The molecule has 76 valence electrons. The van der Waals surface area contributed by atoms with E-state index >= 15 is 0 Å². The van der Waals surface area contributed by atoms with Crippen LogP contribution in [0.1, 0.15) is 12.2 Å². The molecular formula is C8H13N5O. The Morgan fingerprint density at radius 3 is 3.00 bits per heavy atom. The number of nitrogens with zero attached hydrogens (tertiary/aromatic N) is 3. The maximum atomic E-state index is 11.5. The molecule has 1 saturated heterocycles. The van der Waals surface area contributed by atoms with Crippen molar-refractivity contribution >= 4 is 11.9 Å². The van der Waals surface area contributed by atoms with Gasteiger partial charge in [0.1, 0.15) is 5.82 Å². The molecule has 0 radical (unpaired) electrons. The summed E-state index contributed by atoms with van der Waals surface area (Å²) >= 11 is 0. The second kappa shape index (κ2) is 3.38. The molecule has 0 saturated carbocycles. The average Bonchev–Trinajstić information content (AvgIpc) is 2.71. The third-order valence-electron chi connectivity index (χ3n) is 2.37. The van der Waals surface area contributed by atoms with Crippen molar-refractivity contribution in [1.82, 2.24) is 15.2 Å². The molecule has 1 aliphatic heterocycles. The number of nitrogens with one attached hydrogen (secondary N) is 1. The van der Waals surface area contributed by atoms with Crippen LogP contribution >= 0.6 is 0 Å². The molecule has 6 heteroatoms. The van der Waals surface area contributed by atoms with E-state index in [2.05, 4.69) is 15.2 Å². The van der Waals surface area contributed by atoms with E-state index < -0.39 is 0 Å². The molecule has 1 amide bonds. The lowest BCUT2D eigenvalue weighted by Crippen LogP contribution is -2.26. The van der Waals surface area contributed by atoms with Crippen LogP contribution in [0.5, 0.6) is 0 Å². The fraction of sp³-hybridized carbons (Fsp3) is 0.625. The normalized spacial score (nSPS) is 22.0. The van der Waals surface area contributed by atoms with Crippen LogP contribution in [0.15, 0.2) is 0 Å². The minimum atomic E-state index is 0.0550. The predicted octanol–water partition coefficient (Wildman–Crippen LogP) is -0.575. The Morgan fingerprint density at radius 2 is 2.50 bits per heavy atom. The van der Waals surface area contributed by atoms with Gasteiger partial charge in [0.2, 0.25) is 5.91 Å². The smallest absolute Gasteiger partial charge is 0.251 e. The zero-order valence-electron chi connectivity index (χ0n) is 8.03. The first-order valence-corrected chi connectivity index (χ1v) is 4.60. The summed E-state index contributed by atoms with van der Waals surface area (Å²) in [6.45, 7) is 2.97. The molecule has 2 rings (SSSR count). The highest BCUT2D eigenvalue weighted by atomic mass is 16.2. The van der Waals surface area contributed by atoms with Crippen LogP contribution in [0.3, 0.4) is 0 Å². The number of carbonyl (C=O) groups is 1. The highest BCUT2D eigenvalue weighted by Gasteiger charge is 2.31. The summed E-state index contributed by atoms with van der Waals surface area (Å²) in [7, 11) is 0. The number of anilines is 1. The number of hydrogen-bond acceptors (Lipinski definition) is 4. The molecule has 6 nitrogen and oxygen atoms in total. The minimum Gasteiger partial charge on any atom is -0.330 e. The second-order valence-electron chi connectivity index (χ2n) is 3.53. The summed E-state index contributed by atoms with van der Waals surface area (Å²) in [5, 5.41) is 6.66. The standard InChI is InChI=1S/C8H13N5O/c1-5-10-8(12-11-5)13-4-6(3-9)2-7(13)14/h6H,2-4,9H2,1H3,(H,10,11,12). The molecule has 2 heterocycles. The lowest BCUT2D eigenvalue weighted by atomic mass is 10.1. The van der Waals surface area contributed by atoms with Crippen LogP contribution in [0.4, 0.5) is 5.95 Å². The number of carbonyl (C=O) groups excluding carboxylic acids is 1. The Morgan fingerprint density at radius 1 is 1.71 bits per heavy atom. The van der Waals surface area contributed by atoms with E-state index in [1.807, 2.05) is 0 Å². The molecule has 1 aromatic heterocycles. The molecule has 14 heavy (non-hydrogen) atoms. The van der Waals surface area contributed by atoms with Gasteiger partial charge in [0.15, 0.2) is 0 Å². The number of aromatic amines is 1. The van der Waals surface area contributed by atoms with Crippen LogP contribution in [-0.4, -0.2) is 34.2 Å². The SMILES string of the molecule is Cc1nc(N2CC(CN)CC2=O)n[nH]1. The molecule has 1 aliphatic rings. The van der Waals surface area contributed by atoms with Gasteiger partial charge in [-0.3, -0.25) is 14.8 Å². The molecule has 0 spiro atoms. The first-order valence-electron chi connectivity index (χ1n) is 4.60. The molecular weight excluding hydrogens is 182 g/mol. The maximum absolute atomic E-state index is 11.5. The quantitative estimate of drug-likeness (QED) is 0.661. The monoisotopic (exact) mass is 195 g/mol. The van der Waals surface area contributed by atoms with Crippen LogP contribution in [0, 0.1) is 12.8 Å². The Balaban J connectivity index is 2.16. The van der Waals surface area contributed by atoms with E-state index in [1.54, 1.807) is 11.8 Å². The summed E-state index contributed by atoms with van der Waals surface area (Å²) in [4.78, 5) is 17.2. The van der Waals surface area contributed by atoms with Crippen molar-refractivity contribution in [2.24, 2.45) is 11.7 Å². The van der Waals surface area contributed by atoms with Crippen LogP contribution in [-0.2, 0) is 4.79 Å². The lowest BCUT2D eigenvalue weighted by Gasteiger charge is -2.10. The molecule has 0 aromatic carbocycles. The van der Waals surface area contributed by atoms with Crippen molar-refractivity contribution in [2.75, 3.05) is 18.0 Å². The maximum Gasteiger partial charge on any atom is 0.251 e. The molecule has 1 unspecified atom stereocenters. The third kappa shape index (κ3) is 1.48. The van der Waals surface area contributed by atoms with E-state index in [-0.39, 0.29) is 11.8 Å². The van der Waals surface area contributed by atoms with E-state index in [9.17, 15) is 4.79 Å². The predicted molar refractivity (Wildman–Crippen MR) is 50.6 cm³/mol. The van der Waals surface area contributed by atoms with E-state index in [0.29, 0.717) is 31.3 Å². The first-order chi connectivity index (χ1) is 6.70. The Kier molecular flexibility index (Phi) is 2.20. The number of amides is 1. The van der Waals surface area contributed by atoms with Gasteiger partial charge in [-0.1, -0.05) is 0 Å². The summed E-state index contributed by atoms with van der Waals surface area (Å²) in [5.74, 6) is 1.47. The number of H-pyrrole nitrogens is 1.